The van der Waals surface area contributed by atoms with Crippen LogP contribution in [0.2, 0.25) is 0 Å². The smallest absolute Gasteiger partial charge is 0.226 e. The highest BCUT2D eigenvalue weighted by molar-refractivity contribution is 4.89. The average molecular weight is 224 g/mol. The zero-order valence-electron chi connectivity index (χ0n) is 10.0. The van der Waals surface area contributed by atoms with E-state index in [1.807, 2.05) is 0 Å². The summed E-state index contributed by atoms with van der Waals surface area (Å²) >= 11 is 0. The Hall–Kier alpha value is -0.940. The van der Waals surface area contributed by atoms with Crippen LogP contribution in [0.1, 0.15) is 32.0 Å². The Morgan fingerprint density at radius 2 is 2.38 bits per heavy atom. The number of nitrogens with two attached hydrogens (primary N) is 1. The molecule has 1 aromatic heterocycles. The fraction of sp³-hybridized carbons (Fsp3) is 0.818. The molecule has 1 aliphatic heterocycles. The first kappa shape index (κ1) is 11.5. The fourth-order valence-corrected chi connectivity index (χ4v) is 1.99. The van der Waals surface area contributed by atoms with Gasteiger partial charge in [0.1, 0.15) is 0 Å². The highest BCUT2D eigenvalue weighted by Crippen LogP contribution is 2.11. The summed E-state index contributed by atoms with van der Waals surface area (Å²) < 4.78 is 5.19. The molecule has 0 aliphatic carbocycles. The minimum Gasteiger partial charge on any atom is -0.339 e. The summed E-state index contributed by atoms with van der Waals surface area (Å²) in [5, 5.41) is 3.99. The van der Waals surface area contributed by atoms with Crippen LogP contribution in [0.4, 0.5) is 0 Å². The number of aromatic nitrogens is 2. The minimum absolute atomic E-state index is 0.307. The monoisotopic (exact) mass is 224 g/mol. The maximum atomic E-state index is 5.84. The van der Waals surface area contributed by atoms with E-state index in [2.05, 4.69) is 28.9 Å². The van der Waals surface area contributed by atoms with E-state index in [9.17, 15) is 0 Å². The van der Waals surface area contributed by atoms with Crippen molar-refractivity contribution < 1.29 is 4.52 Å². The molecule has 0 bridgehead atoms. The van der Waals surface area contributed by atoms with Crippen LogP contribution in [-0.2, 0) is 13.0 Å². The largest absolute Gasteiger partial charge is 0.339 e. The summed E-state index contributed by atoms with van der Waals surface area (Å²) in [6.45, 7) is 7.02. The van der Waals surface area contributed by atoms with Gasteiger partial charge in [-0.25, -0.2) is 0 Å². The number of hydrogen-bond donors (Lipinski definition) is 1. The lowest BCUT2D eigenvalue weighted by molar-refractivity contribution is 0.304. The molecule has 1 saturated heterocycles. The van der Waals surface area contributed by atoms with Gasteiger partial charge in [0.25, 0.3) is 0 Å². The Morgan fingerprint density at radius 3 is 3.00 bits per heavy atom. The third kappa shape index (κ3) is 3.02. The van der Waals surface area contributed by atoms with Gasteiger partial charge in [-0.2, -0.15) is 4.98 Å². The molecule has 2 heterocycles. The molecule has 1 fully saturated rings. The Bertz CT molecular complexity index is 336. The van der Waals surface area contributed by atoms with Crippen LogP contribution in [0.5, 0.6) is 0 Å². The summed E-state index contributed by atoms with van der Waals surface area (Å²) in [5.74, 6) is 2.08. The van der Waals surface area contributed by atoms with Gasteiger partial charge in [0.05, 0.1) is 6.54 Å². The lowest BCUT2D eigenvalue weighted by atomic mass is 10.1. The molecule has 2 rings (SSSR count). The van der Waals surface area contributed by atoms with Crippen molar-refractivity contribution in [1.82, 2.24) is 15.0 Å². The molecule has 0 amide bonds. The van der Waals surface area contributed by atoms with Crippen LogP contribution in [0.25, 0.3) is 0 Å². The molecule has 0 radical (unpaired) electrons. The Balaban J connectivity index is 1.87. The third-order valence-corrected chi connectivity index (χ3v) is 2.77. The van der Waals surface area contributed by atoms with Gasteiger partial charge in [-0.3, -0.25) is 4.90 Å². The van der Waals surface area contributed by atoms with Gasteiger partial charge < -0.3 is 10.3 Å². The van der Waals surface area contributed by atoms with Crippen LogP contribution in [0.15, 0.2) is 4.52 Å². The van der Waals surface area contributed by atoms with Gasteiger partial charge in [0.2, 0.25) is 5.89 Å². The van der Waals surface area contributed by atoms with Crippen LogP contribution >= 0.6 is 0 Å². The summed E-state index contributed by atoms with van der Waals surface area (Å²) in [4.78, 5) is 6.65. The van der Waals surface area contributed by atoms with Crippen molar-refractivity contribution in [3.63, 3.8) is 0 Å². The molecule has 1 aliphatic rings. The predicted octanol–water partition coefficient (Wildman–Crippen LogP) is 0.801. The zero-order chi connectivity index (χ0) is 11.5. The number of hydrogen-bond acceptors (Lipinski definition) is 5. The standard InChI is InChI=1S/C11H20N4O/c1-8(2)5-11-13-10(14-16-11)7-15-4-3-9(12)6-15/h8-9H,3-7,12H2,1-2H3/t9-/m1/s1. The molecule has 1 atom stereocenters. The Labute approximate surface area is 96.0 Å². The van der Waals surface area contributed by atoms with Gasteiger partial charge in [-0.15, -0.1) is 0 Å². The first-order valence-corrected chi connectivity index (χ1v) is 5.93. The molecule has 0 unspecified atom stereocenters. The van der Waals surface area contributed by atoms with E-state index in [-0.39, 0.29) is 0 Å². The second kappa shape index (κ2) is 4.93. The topological polar surface area (TPSA) is 68.2 Å². The minimum atomic E-state index is 0.307. The van der Waals surface area contributed by atoms with Crippen molar-refractivity contribution in [1.29, 1.82) is 0 Å². The second-order valence-electron chi connectivity index (χ2n) is 4.99. The summed E-state index contributed by atoms with van der Waals surface area (Å²) in [6.07, 6.45) is 1.92. The Kier molecular flexibility index (Phi) is 3.56. The van der Waals surface area contributed by atoms with E-state index < -0.39 is 0 Å². The number of likely N-dealkylation sites (tertiary alicyclic amines) is 1. The lowest BCUT2D eigenvalue weighted by Crippen LogP contribution is -2.26. The molecule has 0 aromatic carbocycles. The van der Waals surface area contributed by atoms with Gasteiger partial charge >= 0.3 is 0 Å². The molecule has 1 aromatic rings. The summed E-state index contributed by atoms with van der Waals surface area (Å²) in [5.41, 5.74) is 5.84. The maximum Gasteiger partial charge on any atom is 0.226 e. The van der Waals surface area contributed by atoms with E-state index in [0.29, 0.717) is 12.0 Å². The Morgan fingerprint density at radius 1 is 1.56 bits per heavy atom. The van der Waals surface area contributed by atoms with Crippen LogP contribution < -0.4 is 5.73 Å². The van der Waals surface area contributed by atoms with E-state index in [1.165, 1.54) is 0 Å². The SMILES string of the molecule is CC(C)Cc1nc(CN2CC[C@@H](N)C2)no1. The average Bonchev–Trinajstić information content (AvgIpc) is 2.76. The van der Waals surface area contributed by atoms with E-state index in [1.54, 1.807) is 0 Å². The van der Waals surface area contributed by atoms with Crippen molar-refractivity contribution >= 4 is 0 Å². The van der Waals surface area contributed by atoms with Crippen molar-refractivity contribution in [3.05, 3.63) is 11.7 Å². The summed E-state index contributed by atoms with van der Waals surface area (Å²) in [7, 11) is 0. The van der Waals surface area contributed by atoms with Gasteiger partial charge in [0, 0.05) is 25.6 Å². The molecule has 5 nitrogen and oxygen atoms in total. The molecule has 2 N–H and O–H groups in total. The van der Waals surface area contributed by atoms with Crippen molar-refractivity contribution in [2.75, 3.05) is 13.1 Å². The number of nitrogens with zero attached hydrogens (tertiary/aromatic N) is 3. The van der Waals surface area contributed by atoms with Crippen molar-refractivity contribution in [3.8, 4) is 0 Å². The number of rotatable bonds is 4. The summed E-state index contributed by atoms with van der Waals surface area (Å²) in [6, 6.07) is 0.307. The quantitative estimate of drug-likeness (QED) is 0.819. The molecule has 5 heteroatoms. The van der Waals surface area contributed by atoms with Gasteiger partial charge in [0.15, 0.2) is 5.82 Å². The lowest BCUT2D eigenvalue weighted by Gasteiger charge is -2.11. The highest BCUT2D eigenvalue weighted by atomic mass is 16.5. The van der Waals surface area contributed by atoms with Crippen LogP contribution in [-0.4, -0.2) is 34.2 Å². The van der Waals surface area contributed by atoms with Crippen molar-refractivity contribution in [2.24, 2.45) is 11.7 Å². The van der Waals surface area contributed by atoms with E-state index in [0.717, 1.165) is 44.2 Å². The van der Waals surface area contributed by atoms with Crippen molar-refractivity contribution in [2.45, 2.75) is 39.3 Å². The normalized spacial score (nSPS) is 22.1. The first-order valence-electron chi connectivity index (χ1n) is 5.93. The fourth-order valence-electron chi connectivity index (χ4n) is 1.99. The third-order valence-electron chi connectivity index (χ3n) is 2.77. The van der Waals surface area contributed by atoms with Crippen LogP contribution in [0, 0.1) is 5.92 Å². The van der Waals surface area contributed by atoms with Crippen LogP contribution in [0.3, 0.4) is 0 Å². The maximum absolute atomic E-state index is 5.84. The highest BCUT2D eigenvalue weighted by Gasteiger charge is 2.20. The van der Waals surface area contributed by atoms with E-state index in [4.69, 9.17) is 10.3 Å². The molecule has 90 valence electrons. The van der Waals surface area contributed by atoms with Gasteiger partial charge in [-0.05, 0) is 12.3 Å². The predicted molar refractivity (Wildman–Crippen MR) is 60.7 cm³/mol. The molecule has 0 saturated carbocycles. The van der Waals surface area contributed by atoms with Gasteiger partial charge in [-0.1, -0.05) is 19.0 Å². The molecule has 0 spiro atoms. The molecule has 16 heavy (non-hydrogen) atoms. The molecular formula is C11H20N4O. The molecular weight excluding hydrogens is 204 g/mol. The first-order chi connectivity index (χ1) is 7.63. The van der Waals surface area contributed by atoms with E-state index >= 15 is 0 Å². The second-order valence-corrected chi connectivity index (χ2v) is 4.99. The zero-order valence-corrected chi connectivity index (χ0v) is 10.0.